The van der Waals surface area contributed by atoms with E-state index in [2.05, 4.69) is 31.3 Å². The first-order valence-electron chi connectivity index (χ1n) is 6.21. The number of hydrogen-bond donors (Lipinski definition) is 2. The van der Waals surface area contributed by atoms with Crippen LogP contribution >= 0.6 is 0 Å². The summed E-state index contributed by atoms with van der Waals surface area (Å²) in [5, 5.41) is 12.8. The van der Waals surface area contributed by atoms with Crippen LogP contribution in [0.25, 0.3) is 0 Å². The highest BCUT2D eigenvalue weighted by atomic mass is 16.5. The first kappa shape index (κ1) is 14.0. The van der Waals surface area contributed by atoms with Crippen molar-refractivity contribution in [3.05, 3.63) is 29.8 Å². The lowest BCUT2D eigenvalue weighted by atomic mass is 9.95. The summed E-state index contributed by atoms with van der Waals surface area (Å²) in [6, 6.07) is 8.22. The monoisotopic (exact) mass is 237 g/mol. The molecular weight excluding hydrogens is 214 g/mol. The summed E-state index contributed by atoms with van der Waals surface area (Å²) < 4.78 is 5.15. The Morgan fingerprint density at radius 3 is 2.41 bits per heavy atom. The number of ether oxygens (including phenoxy) is 1. The summed E-state index contributed by atoms with van der Waals surface area (Å²) in [7, 11) is 1.66. The molecule has 0 aliphatic rings. The first-order chi connectivity index (χ1) is 8.22. The molecule has 96 valence electrons. The summed E-state index contributed by atoms with van der Waals surface area (Å²) in [6.07, 6.45) is 1.09. The Balaban J connectivity index is 2.79. The van der Waals surface area contributed by atoms with Gasteiger partial charge in [0.2, 0.25) is 0 Å². The highest BCUT2D eigenvalue weighted by molar-refractivity contribution is 5.29. The first-order valence-corrected chi connectivity index (χ1v) is 6.21. The minimum Gasteiger partial charge on any atom is -0.497 e. The van der Waals surface area contributed by atoms with Crippen molar-refractivity contribution in [3.8, 4) is 5.75 Å². The standard InChI is InChI=1S/C14H23NO2/c1-4-9-15-14(11(2)10-16)12-5-7-13(17-3)8-6-12/h5-8,11,14-16H,4,9-10H2,1-3H3. The van der Waals surface area contributed by atoms with Gasteiger partial charge in [0, 0.05) is 12.6 Å². The fraction of sp³-hybridized carbons (Fsp3) is 0.571. The van der Waals surface area contributed by atoms with Gasteiger partial charge in [0.05, 0.1) is 7.11 Å². The second-order valence-electron chi connectivity index (χ2n) is 4.36. The van der Waals surface area contributed by atoms with Crippen LogP contribution in [-0.2, 0) is 0 Å². The van der Waals surface area contributed by atoms with Gasteiger partial charge >= 0.3 is 0 Å². The number of methoxy groups -OCH3 is 1. The van der Waals surface area contributed by atoms with Gasteiger partial charge in [-0.15, -0.1) is 0 Å². The maximum absolute atomic E-state index is 9.30. The van der Waals surface area contributed by atoms with Crippen LogP contribution in [0.2, 0.25) is 0 Å². The molecule has 17 heavy (non-hydrogen) atoms. The summed E-state index contributed by atoms with van der Waals surface area (Å²) in [5.41, 5.74) is 1.20. The molecule has 0 saturated heterocycles. The van der Waals surface area contributed by atoms with Gasteiger partial charge in [-0.2, -0.15) is 0 Å². The number of nitrogens with one attached hydrogen (secondary N) is 1. The maximum Gasteiger partial charge on any atom is 0.118 e. The van der Waals surface area contributed by atoms with Gasteiger partial charge in [-0.05, 0) is 36.6 Å². The van der Waals surface area contributed by atoms with E-state index in [-0.39, 0.29) is 18.6 Å². The van der Waals surface area contributed by atoms with Crippen LogP contribution in [-0.4, -0.2) is 25.4 Å². The molecule has 0 heterocycles. The molecule has 0 aliphatic heterocycles. The predicted molar refractivity (Wildman–Crippen MR) is 70.3 cm³/mol. The van der Waals surface area contributed by atoms with Crippen molar-refractivity contribution in [1.82, 2.24) is 5.32 Å². The summed E-state index contributed by atoms with van der Waals surface area (Å²) in [4.78, 5) is 0. The third-order valence-electron chi connectivity index (χ3n) is 2.95. The fourth-order valence-corrected chi connectivity index (χ4v) is 1.86. The van der Waals surface area contributed by atoms with Gasteiger partial charge < -0.3 is 15.2 Å². The smallest absolute Gasteiger partial charge is 0.118 e. The highest BCUT2D eigenvalue weighted by Gasteiger charge is 2.17. The second-order valence-corrected chi connectivity index (χ2v) is 4.36. The van der Waals surface area contributed by atoms with E-state index in [1.165, 1.54) is 5.56 Å². The molecule has 1 aromatic carbocycles. The van der Waals surface area contributed by atoms with Gasteiger partial charge in [-0.1, -0.05) is 26.0 Å². The van der Waals surface area contributed by atoms with Gasteiger partial charge in [-0.25, -0.2) is 0 Å². The number of benzene rings is 1. The van der Waals surface area contributed by atoms with Crippen LogP contribution in [0.3, 0.4) is 0 Å². The number of rotatable bonds is 7. The Kier molecular flexibility index (Phi) is 6.01. The molecule has 0 aliphatic carbocycles. The lowest BCUT2D eigenvalue weighted by Crippen LogP contribution is -2.29. The normalized spacial score (nSPS) is 14.4. The minimum absolute atomic E-state index is 0.188. The lowest BCUT2D eigenvalue weighted by molar-refractivity contribution is 0.202. The summed E-state index contributed by atoms with van der Waals surface area (Å²) in [5.74, 6) is 1.06. The Morgan fingerprint density at radius 2 is 1.94 bits per heavy atom. The van der Waals surface area contributed by atoms with Crippen molar-refractivity contribution in [2.75, 3.05) is 20.3 Å². The third kappa shape index (κ3) is 4.02. The average Bonchev–Trinajstić information content (AvgIpc) is 2.39. The molecule has 0 spiro atoms. The molecule has 0 fully saturated rings. The van der Waals surface area contributed by atoms with Gasteiger partial charge in [0.25, 0.3) is 0 Å². The Bertz CT molecular complexity index is 311. The van der Waals surface area contributed by atoms with Crippen LogP contribution in [0.15, 0.2) is 24.3 Å². The van der Waals surface area contributed by atoms with Crippen molar-refractivity contribution in [3.63, 3.8) is 0 Å². The van der Waals surface area contributed by atoms with E-state index in [9.17, 15) is 5.11 Å². The zero-order chi connectivity index (χ0) is 12.7. The van der Waals surface area contributed by atoms with Crippen molar-refractivity contribution in [1.29, 1.82) is 0 Å². The van der Waals surface area contributed by atoms with E-state index < -0.39 is 0 Å². The van der Waals surface area contributed by atoms with Gasteiger partial charge in [0.15, 0.2) is 0 Å². The quantitative estimate of drug-likeness (QED) is 0.765. The summed E-state index contributed by atoms with van der Waals surface area (Å²) >= 11 is 0. The number of hydrogen-bond acceptors (Lipinski definition) is 3. The molecule has 1 rings (SSSR count). The highest BCUT2D eigenvalue weighted by Crippen LogP contribution is 2.23. The molecule has 3 nitrogen and oxygen atoms in total. The third-order valence-corrected chi connectivity index (χ3v) is 2.95. The van der Waals surface area contributed by atoms with Gasteiger partial charge in [0.1, 0.15) is 5.75 Å². The van der Waals surface area contributed by atoms with Crippen LogP contribution in [0.5, 0.6) is 5.75 Å². The minimum atomic E-state index is 0.188. The van der Waals surface area contributed by atoms with Crippen LogP contribution in [0.1, 0.15) is 31.9 Å². The second kappa shape index (κ2) is 7.30. The van der Waals surface area contributed by atoms with Crippen molar-refractivity contribution >= 4 is 0 Å². The molecule has 2 atom stereocenters. The number of aliphatic hydroxyl groups is 1. The van der Waals surface area contributed by atoms with Crippen LogP contribution in [0.4, 0.5) is 0 Å². The SMILES string of the molecule is CCCNC(c1ccc(OC)cc1)C(C)CO. The molecule has 1 aromatic rings. The van der Waals surface area contributed by atoms with E-state index in [0.717, 1.165) is 18.7 Å². The molecule has 2 unspecified atom stereocenters. The van der Waals surface area contributed by atoms with E-state index in [0.29, 0.717) is 0 Å². The lowest BCUT2D eigenvalue weighted by Gasteiger charge is -2.24. The van der Waals surface area contributed by atoms with Crippen molar-refractivity contribution < 1.29 is 9.84 Å². The Hall–Kier alpha value is -1.06. The van der Waals surface area contributed by atoms with Crippen molar-refractivity contribution in [2.45, 2.75) is 26.3 Å². The fourth-order valence-electron chi connectivity index (χ4n) is 1.86. The zero-order valence-corrected chi connectivity index (χ0v) is 10.9. The van der Waals surface area contributed by atoms with E-state index >= 15 is 0 Å². The van der Waals surface area contributed by atoms with E-state index in [4.69, 9.17) is 4.74 Å². The van der Waals surface area contributed by atoms with E-state index in [1.807, 2.05) is 12.1 Å². The Labute approximate surface area is 104 Å². The van der Waals surface area contributed by atoms with Gasteiger partial charge in [-0.3, -0.25) is 0 Å². The molecule has 0 amide bonds. The molecule has 0 saturated carbocycles. The molecular formula is C14H23NO2. The maximum atomic E-state index is 9.30. The molecule has 0 aromatic heterocycles. The van der Waals surface area contributed by atoms with Crippen LogP contribution in [0, 0.1) is 5.92 Å². The zero-order valence-electron chi connectivity index (χ0n) is 10.9. The molecule has 2 N–H and O–H groups in total. The predicted octanol–water partition coefficient (Wildman–Crippen LogP) is 2.36. The van der Waals surface area contributed by atoms with Crippen molar-refractivity contribution in [2.24, 2.45) is 5.92 Å². The molecule has 0 bridgehead atoms. The number of aliphatic hydroxyl groups excluding tert-OH is 1. The van der Waals surface area contributed by atoms with Crippen LogP contribution < -0.4 is 10.1 Å². The largest absolute Gasteiger partial charge is 0.497 e. The summed E-state index contributed by atoms with van der Waals surface area (Å²) in [6.45, 7) is 5.34. The average molecular weight is 237 g/mol. The molecule has 3 heteroatoms. The molecule has 0 radical (unpaired) electrons. The Morgan fingerprint density at radius 1 is 1.29 bits per heavy atom. The van der Waals surface area contributed by atoms with E-state index in [1.54, 1.807) is 7.11 Å². The topological polar surface area (TPSA) is 41.5 Å².